The van der Waals surface area contributed by atoms with Crippen LogP contribution in [0.4, 0.5) is 5.69 Å². The van der Waals surface area contributed by atoms with Gasteiger partial charge in [-0.1, -0.05) is 62.4 Å². The standard InChI is InChI=1S/C25H25N3O3.C24H25N3O2.C23H23N3O2.C22H23N5O2.C22H21N3O2/c1-16-12-28-13-20(4-5-24(28)26-16)22-10-19-3-2-18(11-23(19)31-25(22)29)17-6-8-27(9-7-17)21-14-30-15-21;1-3-26-10-8-17(9-11-26)18-4-5-19-12-21(24(28)29-22(19)13-18)20-6-7-23-25-16(2)14-27(23)15-20;1-15-13-26-14-19(5-6-22(26)24-15)20-11-18-4-3-17(12-21(18)28-23(20)27)16-7-9-25(2)10-8-16;1-3-18-21-25-19(13-27(21)12-14(2)24-18)17-10-15-4-5-16(11-20(15)29-22(17)28)26-8-6-23-7-9-26;1-14-12-25-13-18(4-5-21(25)24-14)19-10-17-3-2-16(11-20(17)27-22(19)26)15-6-8-23-9-7-15/h2-5,10-13,17,21H,6-9,14-15H2,1H3;4-7,12-15,17H,3,8-11H2,1-2H3;3-6,11-14,16H,7-10H2,1-2H3;4-5,10-13,23H,3,6-9H2,1-2H3;2-5,10-13,15,23H,6-9H2,1H3. The molecule has 6 aliphatic heterocycles. The average molecular weight is 1930 g/mol. The van der Waals surface area contributed by atoms with E-state index < -0.39 is 0 Å². The first-order valence-corrected chi connectivity index (χ1v) is 50.6. The second-order valence-corrected chi connectivity index (χ2v) is 39.5. The number of pyridine rings is 4. The van der Waals surface area contributed by atoms with Gasteiger partial charge in [0.05, 0.1) is 86.9 Å². The lowest BCUT2D eigenvalue weighted by molar-refractivity contribution is -0.0712. The van der Waals surface area contributed by atoms with Crippen LogP contribution in [0.5, 0.6) is 0 Å². The van der Waals surface area contributed by atoms with Gasteiger partial charge in [-0.3, -0.25) is 9.88 Å². The van der Waals surface area contributed by atoms with Crippen LogP contribution in [-0.4, -0.2) is 178 Å². The summed E-state index contributed by atoms with van der Waals surface area (Å²) in [6.07, 6.45) is 29.2. The first kappa shape index (κ1) is 94.0. The molecule has 0 spiro atoms. The van der Waals surface area contributed by atoms with Crippen LogP contribution < -0.4 is 43.7 Å². The molecule has 0 atom stereocenters. The van der Waals surface area contributed by atoms with Gasteiger partial charge in [0.15, 0.2) is 5.65 Å². The molecule has 21 heterocycles. The van der Waals surface area contributed by atoms with Gasteiger partial charge in [-0.15, -0.1) is 0 Å². The number of nitrogens with one attached hydrogen (secondary N) is 2. The summed E-state index contributed by atoms with van der Waals surface area (Å²) < 4.78 is 43.7. The molecule has 6 saturated heterocycles. The zero-order chi connectivity index (χ0) is 98.5. The van der Waals surface area contributed by atoms with E-state index in [1.165, 1.54) is 22.3 Å². The van der Waals surface area contributed by atoms with Gasteiger partial charge in [-0.05, 0) is 320 Å². The molecular weight excluding hydrogens is 1810 g/mol. The number of ether oxygens (including phenoxy) is 1. The van der Waals surface area contributed by atoms with Gasteiger partial charge in [0.25, 0.3) is 0 Å². The summed E-state index contributed by atoms with van der Waals surface area (Å²) >= 11 is 0. The van der Waals surface area contributed by atoms with Crippen LogP contribution in [0.3, 0.4) is 0 Å². The van der Waals surface area contributed by atoms with Crippen LogP contribution in [0, 0.1) is 34.6 Å². The van der Waals surface area contributed by atoms with Crippen molar-refractivity contribution in [3.63, 3.8) is 0 Å². The van der Waals surface area contributed by atoms with Crippen molar-refractivity contribution in [2.75, 3.05) is 110 Å². The van der Waals surface area contributed by atoms with Gasteiger partial charge in [0, 0.05) is 149 Å². The Morgan fingerprint density at radius 2 is 0.667 bits per heavy atom. The maximum atomic E-state index is 12.8. The van der Waals surface area contributed by atoms with Crippen molar-refractivity contribution in [1.29, 1.82) is 0 Å². The van der Waals surface area contributed by atoms with Crippen LogP contribution in [0.2, 0.25) is 0 Å². The number of aryl methyl sites for hydroxylation is 6. The Bertz CT molecular complexity index is 8570. The number of hydrogen-bond donors (Lipinski definition) is 2. The predicted molar refractivity (Wildman–Crippen MR) is 566 cm³/mol. The van der Waals surface area contributed by atoms with E-state index in [4.69, 9.17) is 26.8 Å². The molecule has 6 aliphatic rings. The van der Waals surface area contributed by atoms with E-state index in [0.717, 1.165) is 273 Å². The smallest absolute Gasteiger partial charge is 0.345 e. The third-order valence-corrected chi connectivity index (χ3v) is 29.7. The first-order valence-electron chi connectivity index (χ1n) is 50.6. The lowest BCUT2D eigenvalue weighted by Crippen LogP contribution is -2.51. The molecule has 20 aromatic rings. The van der Waals surface area contributed by atoms with Crippen LogP contribution in [0.15, 0.2) is 278 Å². The minimum absolute atomic E-state index is 0.299. The highest BCUT2D eigenvalue weighted by Crippen LogP contribution is 2.39. The monoisotopic (exact) mass is 1920 g/mol. The van der Waals surface area contributed by atoms with Gasteiger partial charge in [-0.2, -0.15) is 0 Å². The summed E-state index contributed by atoms with van der Waals surface area (Å²) in [5, 5.41) is 11.4. The van der Waals surface area contributed by atoms with Gasteiger partial charge in [-0.25, -0.2) is 48.9 Å². The molecule has 5 aromatic carbocycles. The van der Waals surface area contributed by atoms with E-state index >= 15 is 0 Å². The number of rotatable bonds is 13. The molecule has 732 valence electrons. The van der Waals surface area contributed by atoms with Crippen LogP contribution >= 0.6 is 0 Å². The van der Waals surface area contributed by atoms with Gasteiger partial charge in [0.2, 0.25) is 0 Å². The van der Waals surface area contributed by atoms with Gasteiger partial charge >= 0.3 is 28.1 Å². The SMILES string of the molecule is CCN1CCC(c2ccc3cc(-c4ccc5nc(C)cn5c4)c(=O)oc3c2)CC1.CCc1nc(C)cn2cc(-c3cc4ccc(N5CCNCC5)cc4oc3=O)nc12.Cc1cn2cc(-c3cc4ccc(C5CCN(C)CC5)cc4oc3=O)ccc2n1.Cc1cn2cc(-c3cc4ccc(C5CCN(C6COC6)CC5)cc4oc3=O)ccc2n1.Cc1cn2cc(-c3cc4ccc(C5CCNCC5)cc4oc3=O)ccc2n1. The summed E-state index contributed by atoms with van der Waals surface area (Å²) in [7, 11) is 2.17. The van der Waals surface area contributed by atoms with Crippen molar-refractivity contribution in [1.82, 2.24) is 77.2 Å². The minimum atomic E-state index is -0.374. The molecule has 0 bridgehead atoms. The highest BCUT2D eigenvalue weighted by atomic mass is 16.5. The van der Waals surface area contributed by atoms with Crippen LogP contribution in [-0.2, 0) is 11.2 Å². The zero-order valence-corrected chi connectivity index (χ0v) is 82.5. The number of piperidine rings is 4. The summed E-state index contributed by atoms with van der Waals surface area (Å²) in [6, 6.07) is 57.0. The number of aromatic nitrogens is 11. The van der Waals surface area contributed by atoms with E-state index in [9.17, 15) is 24.0 Å². The molecule has 0 saturated carbocycles. The van der Waals surface area contributed by atoms with Crippen molar-refractivity contribution in [3.05, 3.63) is 340 Å². The molecule has 26 rings (SSSR count). The van der Waals surface area contributed by atoms with E-state index in [-0.39, 0.29) is 28.1 Å². The van der Waals surface area contributed by atoms with E-state index in [0.29, 0.717) is 91.1 Å². The Morgan fingerprint density at radius 1 is 0.326 bits per heavy atom. The summed E-state index contributed by atoms with van der Waals surface area (Å²) in [5.74, 6) is 2.13. The Kier molecular flexibility index (Phi) is 26.4. The Labute approximate surface area is 830 Å². The topological polar surface area (TPSA) is 297 Å². The number of likely N-dealkylation sites (tertiary alicyclic amines) is 3. The number of piperazine rings is 1. The van der Waals surface area contributed by atoms with Crippen molar-refractivity contribution in [2.45, 2.75) is 136 Å². The summed E-state index contributed by atoms with van der Waals surface area (Å²) in [6.45, 7) is 29.5. The number of hydrogen-bond acceptors (Lipinski definition) is 23. The third kappa shape index (κ3) is 20.0. The second kappa shape index (κ2) is 40.5. The number of fused-ring (bicyclic) bond motifs is 10. The van der Waals surface area contributed by atoms with E-state index in [1.54, 1.807) is 0 Å². The Hall–Kier alpha value is -14.9. The molecule has 144 heavy (non-hydrogen) atoms. The molecule has 0 radical (unpaired) electrons. The summed E-state index contributed by atoms with van der Waals surface area (Å²) in [5.41, 5.74) is 24.4. The van der Waals surface area contributed by atoms with E-state index in [1.807, 2.05) is 216 Å². The Morgan fingerprint density at radius 3 is 1.05 bits per heavy atom. The molecule has 28 nitrogen and oxygen atoms in total. The largest absolute Gasteiger partial charge is 0.422 e. The highest BCUT2D eigenvalue weighted by Gasteiger charge is 2.32. The van der Waals surface area contributed by atoms with Crippen molar-refractivity contribution in [3.8, 4) is 55.8 Å². The number of imidazole rings is 5. The molecule has 0 unspecified atom stereocenters. The zero-order valence-electron chi connectivity index (χ0n) is 82.5. The van der Waals surface area contributed by atoms with Gasteiger partial charge < -0.3 is 74.2 Å². The van der Waals surface area contributed by atoms with Crippen LogP contribution in [0.25, 0.3) is 139 Å². The molecule has 2 N–H and O–H groups in total. The van der Waals surface area contributed by atoms with Crippen LogP contribution in [0.1, 0.15) is 145 Å². The lowest BCUT2D eigenvalue weighted by atomic mass is 9.88. The fourth-order valence-electron chi connectivity index (χ4n) is 21.5. The molecule has 0 amide bonds. The maximum absolute atomic E-state index is 12.8. The highest BCUT2D eigenvalue weighted by molar-refractivity contribution is 5.88. The Balaban J connectivity index is 0.000000103. The fraction of sp³-hybridized carbons (Fsp3) is 0.319. The first-order chi connectivity index (χ1) is 70.1. The van der Waals surface area contributed by atoms with E-state index in [2.05, 4.69) is 154 Å². The van der Waals surface area contributed by atoms with Crippen molar-refractivity contribution >= 4 is 88.8 Å². The van der Waals surface area contributed by atoms with Gasteiger partial charge in [0.1, 0.15) is 50.5 Å². The quantitative estimate of drug-likeness (QED) is 0.101. The predicted octanol–water partition coefficient (Wildman–Crippen LogP) is 19.5. The number of benzene rings is 5. The number of nitrogens with zero attached hydrogens (tertiary/aromatic N) is 15. The fourth-order valence-corrected chi connectivity index (χ4v) is 21.5. The maximum Gasteiger partial charge on any atom is 0.345 e. The molecule has 0 aliphatic carbocycles. The molecule has 15 aromatic heterocycles. The summed E-state index contributed by atoms with van der Waals surface area (Å²) in [4.78, 5) is 100. The lowest BCUT2D eigenvalue weighted by Gasteiger charge is -2.41. The number of anilines is 1. The van der Waals surface area contributed by atoms with Crippen molar-refractivity contribution < 1.29 is 26.8 Å². The molecular formula is C116H117N17O11. The molecule has 6 fully saturated rings. The van der Waals surface area contributed by atoms with Crippen molar-refractivity contribution in [2.24, 2.45) is 0 Å². The minimum Gasteiger partial charge on any atom is -0.422 e. The normalized spacial score (nSPS) is 16.3. The third-order valence-electron chi connectivity index (χ3n) is 29.7. The average Bonchev–Trinajstić information content (AvgIpc) is 1.52. The molecule has 28 heteroatoms. The second-order valence-electron chi connectivity index (χ2n) is 39.5.